The quantitative estimate of drug-likeness (QED) is 0.336. The SMILES string of the molecule is C=C(c1c[nH]c2c(CCC)cccc12)C(Nc1cncc(Cl)c1)c1cc2n(n1)C=CCC2. The predicted molar refractivity (Wildman–Crippen MR) is 133 cm³/mol. The van der Waals surface area contributed by atoms with E-state index in [1.165, 1.54) is 22.2 Å². The van der Waals surface area contributed by atoms with Crippen molar-refractivity contribution in [2.24, 2.45) is 0 Å². The molecule has 0 fully saturated rings. The van der Waals surface area contributed by atoms with Crippen molar-refractivity contribution < 1.29 is 0 Å². The van der Waals surface area contributed by atoms with E-state index >= 15 is 0 Å². The summed E-state index contributed by atoms with van der Waals surface area (Å²) in [4.78, 5) is 7.72. The van der Waals surface area contributed by atoms with Crippen molar-refractivity contribution in [1.82, 2.24) is 19.7 Å². The zero-order chi connectivity index (χ0) is 22.1. The Kier molecular flexibility index (Phi) is 5.58. The number of nitrogens with zero attached hydrogens (tertiary/aromatic N) is 3. The summed E-state index contributed by atoms with van der Waals surface area (Å²) in [6.07, 6.45) is 13.8. The molecule has 3 aromatic heterocycles. The van der Waals surface area contributed by atoms with Gasteiger partial charge in [-0.3, -0.25) is 4.98 Å². The van der Waals surface area contributed by atoms with Gasteiger partial charge in [-0.2, -0.15) is 5.10 Å². The summed E-state index contributed by atoms with van der Waals surface area (Å²) >= 11 is 6.20. The molecule has 1 aromatic carbocycles. The molecular formula is C26H26ClN5. The van der Waals surface area contributed by atoms with Crippen molar-refractivity contribution in [2.45, 2.75) is 38.6 Å². The van der Waals surface area contributed by atoms with Crippen LogP contribution >= 0.6 is 11.6 Å². The number of rotatable bonds is 7. The lowest BCUT2D eigenvalue weighted by Gasteiger charge is -2.20. The van der Waals surface area contributed by atoms with E-state index in [1.807, 2.05) is 16.9 Å². The number of aryl methyl sites for hydroxylation is 2. The van der Waals surface area contributed by atoms with Crippen LogP contribution in [0.15, 0.2) is 61.6 Å². The Morgan fingerprint density at radius 2 is 2.22 bits per heavy atom. The Bertz CT molecular complexity index is 1310. The fourth-order valence-electron chi connectivity index (χ4n) is 4.43. The molecule has 4 heterocycles. The lowest BCUT2D eigenvalue weighted by atomic mass is 9.95. The van der Waals surface area contributed by atoms with Gasteiger partial charge in [0, 0.05) is 40.8 Å². The van der Waals surface area contributed by atoms with E-state index in [-0.39, 0.29) is 6.04 Å². The number of benzene rings is 1. The first-order valence-corrected chi connectivity index (χ1v) is 11.4. The van der Waals surface area contributed by atoms with Crippen LogP contribution in [0.25, 0.3) is 22.7 Å². The molecule has 1 unspecified atom stereocenters. The van der Waals surface area contributed by atoms with E-state index in [9.17, 15) is 0 Å². The highest BCUT2D eigenvalue weighted by Crippen LogP contribution is 2.37. The average molecular weight is 444 g/mol. The molecule has 1 aliphatic heterocycles. The van der Waals surface area contributed by atoms with Crippen LogP contribution in [0.3, 0.4) is 0 Å². The highest BCUT2D eigenvalue weighted by molar-refractivity contribution is 6.30. The number of aromatic amines is 1. The number of hydrogen-bond donors (Lipinski definition) is 2. The number of fused-ring (bicyclic) bond motifs is 2. The van der Waals surface area contributed by atoms with Crippen molar-refractivity contribution in [2.75, 3.05) is 5.32 Å². The maximum atomic E-state index is 6.20. The molecule has 5 rings (SSSR count). The van der Waals surface area contributed by atoms with E-state index in [2.05, 4.69) is 65.3 Å². The van der Waals surface area contributed by atoms with Crippen LogP contribution in [0.1, 0.15) is 48.3 Å². The molecule has 0 spiro atoms. The van der Waals surface area contributed by atoms with Gasteiger partial charge in [-0.25, -0.2) is 4.68 Å². The van der Waals surface area contributed by atoms with Crippen LogP contribution in [0.5, 0.6) is 0 Å². The normalized spacial score (nSPS) is 13.8. The van der Waals surface area contributed by atoms with Crippen molar-refractivity contribution in [3.63, 3.8) is 0 Å². The van der Waals surface area contributed by atoms with E-state index in [0.29, 0.717) is 5.02 Å². The topological polar surface area (TPSA) is 58.5 Å². The fourth-order valence-corrected chi connectivity index (χ4v) is 4.60. The van der Waals surface area contributed by atoms with Crippen LogP contribution in [-0.4, -0.2) is 19.7 Å². The molecule has 0 bridgehead atoms. The molecule has 1 atom stereocenters. The second-order valence-corrected chi connectivity index (χ2v) is 8.65. The summed E-state index contributed by atoms with van der Waals surface area (Å²) in [5.41, 5.74) is 7.51. The lowest BCUT2D eigenvalue weighted by Crippen LogP contribution is -2.13. The number of nitrogens with one attached hydrogen (secondary N) is 2. The standard InChI is InChI=1S/C26H26ClN5/c1-3-7-18-8-6-10-22-23(16-29-26(18)22)17(2)25(30-20-12-19(27)14-28-15-20)24-13-21-9-4-5-11-32(21)31-24/h5-6,8,10-16,25,29-30H,2-4,7,9H2,1H3. The third-order valence-corrected chi connectivity index (χ3v) is 6.18. The molecule has 0 amide bonds. The van der Waals surface area contributed by atoms with E-state index in [0.717, 1.165) is 48.2 Å². The summed E-state index contributed by atoms with van der Waals surface area (Å²) in [5, 5.41) is 10.2. The number of H-pyrrole nitrogens is 1. The number of allylic oxidation sites excluding steroid dienone is 1. The van der Waals surface area contributed by atoms with Crippen molar-refractivity contribution >= 4 is 40.0 Å². The maximum Gasteiger partial charge on any atom is 0.0960 e. The highest BCUT2D eigenvalue weighted by Gasteiger charge is 2.24. The molecule has 0 radical (unpaired) electrons. The number of hydrogen-bond acceptors (Lipinski definition) is 3. The monoisotopic (exact) mass is 443 g/mol. The van der Waals surface area contributed by atoms with Gasteiger partial charge in [0.2, 0.25) is 0 Å². The van der Waals surface area contributed by atoms with Gasteiger partial charge >= 0.3 is 0 Å². The number of anilines is 1. The third-order valence-electron chi connectivity index (χ3n) is 5.97. The van der Waals surface area contributed by atoms with Crippen LogP contribution in [0.4, 0.5) is 5.69 Å². The summed E-state index contributed by atoms with van der Waals surface area (Å²) in [5.74, 6) is 0. The van der Waals surface area contributed by atoms with Gasteiger partial charge in [0.1, 0.15) is 0 Å². The fraction of sp³-hybridized carbons (Fsp3) is 0.231. The highest BCUT2D eigenvalue weighted by atomic mass is 35.5. The van der Waals surface area contributed by atoms with E-state index in [1.54, 1.807) is 12.4 Å². The Morgan fingerprint density at radius 1 is 1.31 bits per heavy atom. The molecular weight excluding hydrogens is 418 g/mol. The Hall–Kier alpha value is -3.31. The first kappa shape index (κ1) is 20.6. The number of aromatic nitrogens is 4. The maximum absolute atomic E-state index is 6.20. The van der Waals surface area contributed by atoms with Gasteiger partial charge in [-0.15, -0.1) is 0 Å². The lowest BCUT2D eigenvalue weighted by molar-refractivity contribution is 0.780. The van der Waals surface area contributed by atoms with Crippen LogP contribution in [0, 0.1) is 0 Å². The number of para-hydroxylation sites is 1. The van der Waals surface area contributed by atoms with Crippen LogP contribution in [0.2, 0.25) is 5.02 Å². The Morgan fingerprint density at radius 3 is 3.03 bits per heavy atom. The van der Waals surface area contributed by atoms with Crippen molar-refractivity contribution in [3.05, 3.63) is 89.1 Å². The van der Waals surface area contributed by atoms with Gasteiger partial charge in [-0.1, -0.05) is 55.8 Å². The Balaban J connectivity index is 1.57. The minimum Gasteiger partial charge on any atom is -0.371 e. The molecule has 6 heteroatoms. The summed E-state index contributed by atoms with van der Waals surface area (Å²) in [6, 6.07) is 10.3. The smallest absolute Gasteiger partial charge is 0.0960 e. The van der Waals surface area contributed by atoms with Crippen molar-refractivity contribution in [1.29, 1.82) is 0 Å². The second-order valence-electron chi connectivity index (χ2n) is 8.22. The molecule has 1 aliphatic rings. The molecule has 0 saturated carbocycles. The first-order valence-electron chi connectivity index (χ1n) is 11.0. The molecule has 162 valence electrons. The molecule has 32 heavy (non-hydrogen) atoms. The van der Waals surface area contributed by atoms with Crippen LogP contribution < -0.4 is 5.32 Å². The van der Waals surface area contributed by atoms with E-state index in [4.69, 9.17) is 16.7 Å². The van der Waals surface area contributed by atoms with Gasteiger partial charge < -0.3 is 10.3 Å². The largest absolute Gasteiger partial charge is 0.371 e. The minimum absolute atomic E-state index is 0.226. The molecule has 4 aromatic rings. The minimum atomic E-state index is -0.226. The number of halogens is 1. The van der Waals surface area contributed by atoms with Crippen molar-refractivity contribution in [3.8, 4) is 0 Å². The number of pyridine rings is 1. The zero-order valence-electron chi connectivity index (χ0n) is 18.1. The van der Waals surface area contributed by atoms with Crippen LogP contribution in [-0.2, 0) is 12.8 Å². The zero-order valence-corrected chi connectivity index (χ0v) is 18.9. The van der Waals surface area contributed by atoms with Gasteiger partial charge in [-0.05, 0) is 42.5 Å². The second kappa shape index (κ2) is 8.67. The molecule has 0 saturated heterocycles. The summed E-state index contributed by atoms with van der Waals surface area (Å²) < 4.78 is 1.96. The van der Waals surface area contributed by atoms with Gasteiger partial charge in [0.15, 0.2) is 0 Å². The average Bonchev–Trinajstić information content (AvgIpc) is 3.42. The summed E-state index contributed by atoms with van der Waals surface area (Å²) in [6.45, 7) is 6.73. The molecule has 5 nitrogen and oxygen atoms in total. The summed E-state index contributed by atoms with van der Waals surface area (Å²) in [7, 11) is 0. The van der Waals surface area contributed by atoms with E-state index < -0.39 is 0 Å². The first-order chi connectivity index (χ1) is 15.6. The van der Waals surface area contributed by atoms with Gasteiger partial charge in [0.05, 0.1) is 28.6 Å². The molecule has 2 N–H and O–H groups in total. The third kappa shape index (κ3) is 3.84. The predicted octanol–water partition coefficient (Wildman–Crippen LogP) is 6.65. The van der Waals surface area contributed by atoms with Gasteiger partial charge in [0.25, 0.3) is 0 Å². The molecule has 0 aliphatic carbocycles. The Labute approximate surface area is 192 Å².